The Kier molecular flexibility index (Phi) is 6.25. The molecule has 5 aromatic rings. The van der Waals surface area contributed by atoms with Gasteiger partial charge in [0.2, 0.25) is 0 Å². The summed E-state index contributed by atoms with van der Waals surface area (Å²) in [6.07, 6.45) is 0. The van der Waals surface area contributed by atoms with Crippen molar-refractivity contribution in [3.63, 3.8) is 0 Å². The van der Waals surface area contributed by atoms with Crippen molar-refractivity contribution < 1.29 is 12.8 Å². The Balaban J connectivity index is 1.54. The molecule has 0 aliphatic carbocycles. The molecule has 0 saturated carbocycles. The van der Waals surface area contributed by atoms with Gasteiger partial charge in [0, 0.05) is 22.0 Å². The minimum Gasteiger partial charge on any atom is -0.456 e. The van der Waals surface area contributed by atoms with Crippen LogP contribution in [0.15, 0.2) is 105 Å². The van der Waals surface area contributed by atoms with Crippen molar-refractivity contribution in [1.82, 2.24) is 10.2 Å². The van der Waals surface area contributed by atoms with Gasteiger partial charge >= 0.3 is 0 Å². The number of nitrogens with zero attached hydrogens (tertiary/aromatic N) is 3. The maximum Gasteiger partial charge on any atom is 0.263 e. The predicted molar refractivity (Wildman–Crippen MR) is 136 cm³/mol. The lowest BCUT2D eigenvalue weighted by atomic mass is 10.1. The molecule has 3 aromatic carbocycles. The van der Waals surface area contributed by atoms with E-state index in [4.69, 9.17) is 32.6 Å². The first-order valence-electron chi connectivity index (χ1n) is 10.3. The quantitative estimate of drug-likeness (QED) is 0.295. The number of hydrogen-bond acceptors (Lipinski definition) is 6. The van der Waals surface area contributed by atoms with E-state index < -0.39 is 10.0 Å². The molecule has 0 radical (unpaired) electrons. The van der Waals surface area contributed by atoms with Crippen LogP contribution in [-0.4, -0.2) is 18.6 Å². The fraction of sp³-hybridized carbons (Fsp3) is 0. The zero-order chi connectivity index (χ0) is 24.4. The van der Waals surface area contributed by atoms with Crippen molar-refractivity contribution in [3.8, 4) is 11.3 Å². The Hall–Kier alpha value is -3.72. The summed E-state index contributed by atoms with van der Waals surface area (Å²) in [6.45, 7) is 0. The summed E-state index contributed by atoms with van der Waals surface area (Å²) < 4.78 is 33.9. The molecule has 0 atom stereocenters. The Labute approximate surface area is 210 Å². The van der Waals surface area contributed by atoms with Crippen molar-refractivity contribution in [2.24, 2.45) is 4.99 Å². The van der Waals surface area contributed by atoms with Crippen molar-refractivity contribution in [2.75, 3.05) is 4.72 Å². The molecule has 7 nitrogen and oxygen atoms in total. The van der Waals surface area contributed by atoms with Crippen molar-refractivity contribution in [3.05, 3.63) is 107 Å². The Morgan fingerprint density at radius 2 is 1.60 bits per heavy atom. The second-order valence-corrected chi connectivity index (χ2v) is 9.96. The standard InChI is InChI=1S/C25H16Cl2N4O3S/c26-17-6-11-22-20(14-17)21(15-23(34-22)16-4-2-1-3-5-16)28-18-7-9-19(10-8-18)35(32,33)31-25-13-12-24(27)29-30-25/h1-15H,(H,30,31). The van der Waals surface area contributed by atoms with E-state index in [9.17, 15) is 8.42 Å². The predicted octanol–water partition coefficient (Wildman–Crippen LogP) is 6.23. The first-order valence-corrected chi connectivity index (χ1v) is 12.6. The van der Waals surface area contributed by atoms with E-state index in [-0.39, 0.29) is 15.9 Å². The highest BCUT2D eigenvalue weighted by atomic mass is 35.5. The Morgan fingerprint density at radius 3 is 2.31 bits per heavy atom. The van der Waals surface area contributed by atoms with Gasteiger partial charge in [0.1, 0.15) is 11.3 Å². The molecule has 174 valence electrons. The van der Waals surface area contributed by atoms with Crippen molar-refractivity contribution >= 4 is 55.7 Å². The molecule has 0 aliphatic heterocycles. The van der Waals surface area contributed by atoms with Crippen LogP contribution in [0.4, 0.5) is 11.5 Å². The fourth-order valence-electron chi connectivity index (χ4n) is 3.38. The summed E-state index contributed by atoms with van der Waals surface area (Å²) in [5.74, 6) is 0.708. The van der Waals surface area contributed by atoms with Gasteiger partial charge in [-0.1, -0.05) is 53.5 Å². The van der Waals surface area contributed by atoms with E-state index in [1.807, 2.05) is 36.4 Å². The molecule has 1 N–H and O–H groups in total. The first kappa shape index (κ1) is 23.0. The molecule has 10 heteroatoms. The SMILES string of the molecule is O=S(=O)(Nc1ccc(Cl)nn1)c1ccc(N=c2cc(-c3ccccc3)oc3ccc(Cl)cc23)cc1. The third-order valence-electron chi connectivity index (χ3n) is 5.03. The first-order chi connectivity index (χ1) is 16.9. The van der Waals surface area contributed by atoms with Crippen molar-refractivity contribution in [2.45, 2.75) is 4.90 Å². The van der Waals surface area contributed by atoms with E-state index in [1.165, 1.54) is 24.3 Å². The minimum atomic E-state index is -3.87. The largest absolute Gasteiger partial charge is 0.456 e. The highest BCUT2D eigenvalue weighted by Gasteiger charge is 2.15. The number of hydrogen-bond donors (Lipinski definition) is 1. The van der Waals surface area contributed by atoms with Gasteiger partial charge in [-0.3, -0.25) is 4.72 Å². The van der Waals surface area contributed by atoms with Gasteiger partial charge in [0.15, 0.2) is 11.0 Å². The third-order valence-corrected chi connectivity index (χ3v) is 6.84. The number of anilines is 1. The van der Waals surface area contributed by atoms with Gasteiger partial charge in [-0.2, -0.15) is 0 Å². The summed E-state index contributed by atoms with van der Waals surface area (Å²) in [5.41, 5.74) is 2.09. The highest BCUT2D eigenvalue weighted by molar-refractivity contribution is 7.92. The van der Waals surface area contributed by atoms with E-state index in [0.717, 1.165) is 10.9 Å². The number of nitrogens with one attached hydrogen (secondary N) is 1. The number of benzene rings is 3. The zero-order valence-corrected chi connectivity index (χ0v) is 20.2. The Morgan fingerprint density at radius 1 is 0.829 bits per heavy atom. The van der Waals surface area contributed by atoms with Gasteiger partial charge in [0.05, 0.1) is 15.9 Å². The molecule has 0 amide bonds. The highest BCUT2D eigenvalue weighted by Crippen LogP contribution is 2.25. The lowest BCUT2D eigenvalue weighted by Gasteiger charge is -2.07. The molecule has 0 unspecified atom stereocenters. The molecule has 2 aromatic heterocycles. The summed E-state index contributed by atoms with van der Waals surface area (Å²) in [5, 5.41) is 9.44. The molecule has 35 heavy (non-hydrogen) atoms. The Bertz CT molecular complexity index is 1690. The average molecular weight is 523 g/mol. The average Bonchev–Trinajstić information content (AvgIpc) is 2.86. The topological polar surface area (TPSA) is 97.5 Å². The van der Waals surface area contributed by atoms with E-state index in [0.29, 0.717) is 27.4 Å². The van der Waals surface area contributed by atoms with Crippen LogP contribution >= 0.6 is 23.2 Å². The summed E-state index contributed by atoms with van der Waals surface area (Å²) >= 11 is 11.9. The van der Waals surface area contributed by atoms with Crippen LogP contribution in [-0.2, 0) is 10.0 Å². The number of sulfonamides is 1. The second-order valence-electron chi connectivity index (χ2n) is 7.45. The smallest absolute Gasteiger partial charge is 0.263 e. The molecule has 0 bridgehead atoms. The van der Waals surface area contributed by atoms with Gasteiger partial charge in [-0.05, 0) is 54.6 Å². The summed E-state index contributed by atoms with van der Waals surface area (Å²) in [4.78, 5) is 4.79. The minimum absolute atomic E-state index is 0.0501. The number of aromatic nitrogens is 2. The van der Waals surface area contributed by atoms with Crippen LogP contribution in [0.2, 0.25) is 10.2 Å². The molecule has 0 aliphatic rings. The van der Waals surface area contributed by atoms with Crippen LogP contribution in [0, 0.1) is 0 Å². The van der Waals surface area contributed by atoms with E-state index >= 15 is 0 Å². The van der Waals surface area contributed by atoms with Gasteiger partial charge < -0.3 is 4.42 Å². The van der Waals surface area contributed by atoms with Crippen LogP contribution in [0.5, 0.6) is 0 Å². The summed E-state index contributed by atoms with van der Waals surface area (Å²) in [7, 11) is -3.87. The maximum atomic E-state index is 12.7. The summed E-state index contributed by atoms with van der Waals surface area (Å²) in [6, 6.07) is 25.9. The molecule has 0 saturated heterocycles. The monoisotopic (exact) mass is 522 g/mol. The number of fused-ring (bicyclic) bond motifs is 1. The maximum absolute atomic E-state index is 12.7. The van der Waals surface area contributed by atoms with E-state index in [1.54, 1.807) is 30.3 Å². The van der Waals surface area contributed by atoms with Crippen LogP contribution < -0.4 is 10.1 Å². The fourth-order valence-corrected chi connectivity index (χ4v) is 4.65. The van der Waals surface area contributed by atoms with Gasteiger partial charge in [-0.25, -0.2) is 13.4 Å². The number of halogens is 2. The van der Waals surface area contributed by atoms with Gasteiger partial charge in [-0.15, -0.1) is 10.2 Å². The molecule has 2 heterocycles. The molecule has 0 spiro atoms. The van der Waals surface area contributed by atoms with Crippen LogP contribution in [0.25, 0.3) is 22.3 Å². The van der Waals surface area contributed by atoms with Crippen LogP contribution in [0.3, 0.4) is 0 Å². The van der Waals surface area contributed by atoms with Crippen LogP contribution in [0.1, 0.15) is 0 Å². The molecule has 5 rings (SSSR count). The molecular weight excluding hydrogens is 507 g/mol. The molecule has 0 fully saturated rings. The lowest BCUT2D eigenvalue weighted by molar-refractivity contribution is 0.601. The molecular formula is C25H16Cl2N4O3S. The second kappa shape index (κ2) is 9.50. The van der Waals surface area contributed by atoms with Gasteiger partial charge in [0.25, 0.3) is 10.0 Å². The zero-order valence-electron chi connectivity index (χ0n) is 17.9. The number of rotatable bonds is 5. The normalized spacial score (nSPS) is 12.1. The lowest BCUT2D eigenvalue weighted by Crippen LogP contribution is -2.14. The van der Waals surface area contributed by atoms with Crippen molar-refractivity contribution in [1.29, 1.82) is 0 Å². The van der Waals surface area contributed by atoms with E-state index in [2.05, 4.69) is 14.9 Å². The third kappa shape index (κ3) is 5.19.